The van der Waals surface area contributed by atoms with Gasteiger partial charge in [0.2, 0.25) is 11.8 Å². The van der Waals surface area contributed by atoms with E-state index in [1.54, 1.807) is 0 Å². The fourth-order valence-electron chi connectivity index (χ4n) is 2.28. The van der Waals surface area contributed by atoms with E-state index >= 15 is 0 Å². The van der Waals surface area contributed by atoms with Gasteiger partial charge >= 0.3 is 0 Å². The third-order valence-corrected chi connectivity index (χ3v) is 5.57. The molecule has 1 amide bonds. The Bertz CT molecular complexity index is 635. The van der Waals surface area contributed by atoms with E-state index in [4.69, 9.17) is 9.26 Å². The van der Waals surface area contributed by atoms with Crippen LogP contribution in [0.3, 0.4) is 0 Å². The number of hydrogen-bond acceptors (Lipinski definition) is 7. The maximum Gasteiger partial charge on any atom is 0.240 e. The molecule has 0 saturated carbocycles. The molecule has 0 aromatic carbocycles. The van der Waals surface area contributed by atoms with Crippen LogP contribution in [-0.2, 0) is 31.5 Å². The molecule has 9 heteroatoms. The van der Waals surface area contributed by atoms with Crippen molar-refractivity contribution in [3.63, 3.8) is 0 Å². The highest BCUT2D eigenvalue weighted by Gasteiger charge is 2.33. The van der Waals surface area contributed by atoms with Gasteiger partial charge in [0.15, 0.2) is 15.7 Å². The molecule has 1 saturated heterocycles. The number of rotatable bonds is 6. The highest BCUT2D eigenvalue weighted by atomic mass is 32.2. The van der Waals surface area contributed by atoms with Crippen LogP contribution in [0.5, 0.6) is 0 Å². The molecule has 0 bridgehead atoms. The van der Waals surface area contributed by atoms with Gasteiger partial charge in [-0.25, -0.2) is 8.42 Å². The van der Waals surface area contributed by atoms with Gasteiger partial charge in [-0.2, -0.15) is 4.98 Å². The van der Waals surface area contributed by atoms with Crippen molar-refractivity contribution in [1.29, 1.82) is 0 Å². The summed E-state index contributed by atoms with van der Waals surface area (Å²) in [4.78, 5) is 17.9. The predicted octanol–water partition coefficient (Wildman–Crippen LogP) is 0.430. The van der Waals surface area contributed by atoms with E-state index < -0.39 is 26.7 Å². The molecule has 1 aliphatic rings. The smallest absolute Gasteiger partial charge is 0.240 e. The van der Waals surface area contributed by atoms with E-state index in [1.807, 2.05) is 13.8 Å². The SMILES string of the molecule is CC(C)Cc1nc(CS(=O)(=O)[C@H](C)C(=O)N2CCOCC2)no1. The second-order valence-corrected chi connectivity index (χ2v) is 8.41. The third kappa shape index (κ3) is 4.74. The number of morpholine rings is 1. The number of sulfone groups is 1. The van der Waals surface area contributed by atoms with Crippen molar-refractivity contribution in [2.45, 2.75) is 38.2 Å². The molecule has 0 spiro atoms. The zero-order chi connectivity index (χ0) is 17.0. The van der Waals surface area contributed by atoms with Crippen molar-refractivity contribution in [2.24, 2.45) is 5.92 Å². The molecule has 0 radical (unpaired) electrons. The number of ether oxygens (including phenoxy) is 1. The summed E-state index contributed by atoms with van der Waals surface area (Å²) >= 11 is 0. The van der Waals surface area contributed by atoms with E-state index in [-0.39, 0.29) is 5.82 Å². The Kier molecular flexibility index (Phi) is 5.74. The Hall–Kier alpha value is -1.48. The van der Waals surface area contributed by atoms with Crippen LogP contribution in [0.1, 0.15) is 32.5 Å². The molecule has 2 rings (SSSR count). The molecule has 0 unspecified atom stereocenters. The lowest BCUT2D eigenvalue weighted by Crippen LogP contribution is -2.47. The van der Waals surface area contributed by atoms with Crippen LogP contribution >= 0.6 is 0 Å². The maximum atomic E-state index is 12.4. The lowest BCUT2D eigenvalue weighted by Gasteiger charge is -2.28. The topological polar surface area (TPSA) is 103 Å². The fourth-order valence-corrected chi connectivity index (χ4v) is 3.46. The number of hydrogen-bond donors (Lipinski definition) is 0. The number of carbonyl (C=O) groups excluding carboxylic acids is 1. The maximum absolute atomic E-state index is 12.4. The minimum absolute atomic E-state index is 0.0993. The van der Waals surface area contributed by atoms with E-state index in [2.05, 4.69) is 10.1 Å². The van der Waals surface area contributed by atoms with Crippen LogP contribution in [0.25, 0.3) is 0 Å². The molecule has 1 aromatic rings. The molecule has 23 heavy (non-hydrogen) atoms. The summed E-state index contributed by atoms with van der Waals surface area (Å²) in [6, 6.07) is 0. The van der Waals surface area contributed by atoms with Crippen LogP contribution in [0.2, 0.25) is 0 Å². The molecule has 1 aliphatic heterocycles. The molecule has 1 aromatic heterocycles. The second kappa shape index (κ2) is 7.39. The summed E-state index contributed by atoms with van der Waals surface area (Å²) in [7, 11) is -3.69. The standard InChI is InChI=1S/C14H23N3O5S/c1-10(2)8-13-15-12(16-22-13)9-23(19,20)11(3)14(18)17-4-6-21-7-5-17/h10-11H,4-9H2,1-3H3/t11-/m1/s1. The lowest BCUT2D eigenvalue weighted by molar-refractivity contribution is -0.134. The number of amides is 1. The average Bonchev–Trinajstić information content (AvgIpc) is 2.92. The zero-order valence-electron chi connectivity index (χ0n) is 13.7. The Morgan fingerprint density at radius 3 is 2.52 bits per heavy atom. The van der Waals surface area contributed by atoms with Crippen LogP contribution in [0.4, 0.5) is 0 Å². The summed E-state index contributed by atoms with van der Waals surface area (Å²) in [5, 5.41) is 2.57. The molecule has 0 aliphatic carbocycles. The zero-order valence-corrected chi connectivity index (χ0v) is 14.5. The van der Waals surface area contributed by atoms with Gasteiger partial charge in [0, 0.05) is 19.5 Å². The van der Waals surface area contributed by atoms with E-state index in [9.17, 15) is 13.2 Å². The highest BCUT2D eigenvalue weighted by molar-refractivity contribution is 7.92. The first-order valence-corrected chi connectivity index (χ1v) is 9.40. The van der Waals surface area contributed by atoms with Crippen LogP contribution in [-0.4, -0.2) is 60.9 Å². The quantitative estimate of drug-likeness (QED) is 0.736. The Balaban J connectivity index is 2.02. The van der Waals surface area contributed by atoms with Crippen LogP contribution < -0.4 is 0 Å². The van der Waals surface area contributed by atoms with Crippen LogP contribution in [0, 0.1) is 5.92 Å². The molecule has 8 nitrogen and oxygen atoms in total. The van der Waals surface area contributed by atoms with Crippen molar-refractivity contribution >= 4 is 15.7 Å². The van der Waals surface area contributed by atoms with Crippen molar-refractivity contribution in [1.82, 2.24) is 15.0 Å². The van der Waals surface area contributed by atoms with Gasteiger partial charge < -0.3 is 14.2 Å². The van der Waals surface area contributed by atoms with Gasteiger partial charge in [0.1, 0.15) is 11.0 Å². The van der Waals surface area contributed by atoms with Crippen molar-refractivity contribution in [3.05, 3.63) is 11.7 Å². The fraction of sp³-hybridized carbons (Fsp3) is 0.786. The monoisotopic (exact) mass is 345 g/mol. The molecule has 2 heterocycles. The minimum Gasteiger partial charge on any atom is -0.378 e. The van der Waals surface area contributed by atoms with E-state index in [0.29, 0.717) is 44.5 Å². The molecule has 1 atom stereocenters. The summed E-state index contributed by atoms with van der Waals surface area (Å²) in [6.07, 6.45) is 0.593. The van der Waals surface area contributed by atoms with Gasteiger partial charge in [-0.05, 0) is 12.8 Å². The summed E-state index contributed by atoms with van der Waals surface area (Å²) in [5.74, 6) is 0.0480. The van der Waals surface area contributed by atoms with Crippen molar-refractivity contribution in [3.8, 4) is 0 Å². The summed E-state index contributed by atoms with van der Waals surface area (Å²) < 4.78 is 35.0. The van der Waals surface area contributed by atoms with Gasteiger partial charge in [0.05, 0.1) is 13.2 Å². The molecular weight excluding hydrogens is 322 g/mol. The minimum atomic E-state index is -3.69. The van der Waals surface area contributed by atoms with Crippen molar-refractivity contribution in [2.75, 3.05) is 26.3 Å². The molecule has 1 fully saturated rings. The highest BCUT2D eigenvalue weighted by Crippen LogP contribution is 2.14. The van der Waals surface area contributed by atoms with Crippen LogP contribution in [0.15, 0.2) is 4.52 Å². The van der Waals surface area contributed by atoms with Gasteiger partial charge in [-0.15, -0.1) is 0 Å². The molecule has 0 N–H and O–H groups in total. The van der Waals surface area contributed by atoms with Gasteiger partial charge in [-0.3, -0.25) is 4.79 Å². The Labute approximate surface area is 136 Å². The van der Waals surface area contributed by atoms with Gasteiger partial charge in [-0.1, -0.05) is 19.0 Å². The molecular formula is C14H23N3O5S. The largest absolute Gasteiger partial charge is 0.378 e. The molecule has 130 valence electrons. The Morgan fingerprint density at radius 1 is 1.26 bits per heavy atom. The normalized spacial score (nSPS) is 17.5. The number of carbonyl (C=O) groups is 1. The second-order valence-electron chi connectivity index (χ2n) is 6.09. The van der Waals surface area contributed by atoms with E-state index in [1.165, 1.54) is 11.8 Å². The van der Waals surface area contributed by atoms with E-state index in [0.717, 1.165) is 0 Å². The lowest BCUT2D eigenvalue weighted by atomic mass is 10.1. The summed E-state index contributed by atoms with van der Waals surface area (Å²) in [5.41, 5.74) is 0. The van der Waals surface area contributed by atoms with Crippen molar-refractivity contribution < 1.29 is 22.5 Å². The first-order valence-electron chi connectivity index (χ1n) is 7.69. The first-order chi connectivity index (χ1) is 10.8. The Morgan fingerprint density at radius 2 is 1.91 bits per heavy atom. The predicted molar refractivity (Wildman–Crippen MR) is 82.3 cm³/mol. The van der Waals surface area contributed by atoms with Gasteiger partial charge in [0.25, 0.3) is 0 Å². The summed E-state index contributed by atoms with van der Waals surface area (Å²) in [6.45, 7) is 7.11. The number of aromatic nitrogens is 2. The first kappa shape index (κ1) is 17.9. The average molecular weight is 345 g/mol. The number of nitrogens with zero attached hydrogens (tertiary/aromatic N) is 3. The third-order valence-electron chi connectivity index (χ3n) is 3.63.